The van der Waals surface area contributed by atoms with E-state index in [1.807, 2.05) is 0 Å². The van der Waals surface area contributed by atoms with Crippen molar-refractivity contribution >= 4 is 10.9 Å². The second kappa shape index (κ2) is 5.90. The van der Waals surface area contributed by atoms with Crippen LogP contribution in [0.25, 0.3) is 10.9 Å². The summed E-state index contributed by atoms with van der Waals surface area (Å²) in [5, 5.41) is 4.99. The Balaban J connectivity index is 1.77. The minimum Gasteiger partial charge on any atom is -0.309 e. The standard InChI is InChI=1S/C17H23N3/c1-13-10-14(16-7-3-4-8-17(16)19-13)11-18-15-6-5-9-20(2)12-15/h3-4,7-8,10,15,18H,5-6,9,11-12H2,1-2H3. The number of nitrogens with one attached hydrogen (secondary N) is 1. The molecule has 0 bridgehead atoms. The first-order valence-electron chi connectivity index (χ1n) is 7.49. The summed E-state index contributed by atoms with van der Waals surface area (Å²) in [5.41, 5.74) is 3.56. The quantitative estimate of drug-likeness (QED) is 0.928. The van der Waals surface area contributed by atoms with Crippen molar-refractivity contribution in [3.8, 4) is 0 Å². The summed E-state index contributed by atoms with van der Waals surface area (Å²) < 4.78 is 0. The zero-order chi connectivity index (χ0) is 13.9. The number of rotatable bonds is 3. The van der Waals surface area contributed by atoms with Gasteiger partial charge in [-0.2, -0.15) is 0 Å². The molecule has 106 valence electrons. The molecule has 1 unspecified atom stereocenters. The molecule has 3 heteroatoms. The van der Waals surface area contributed by atoms with E-state index in [1.165, 1.54) is 30.3 Å². The third-order valence-corrected chi connectivity index (χ3v) is 4.14. The van der Waals surface area contributed by atoms with Crippen LogP contribution in [0.4, 0.5) is 0 Å². The average Bonchev–Trinajstić information content (AvgIpc) is 2.44. The van der Waals surface area contributed by atoms with Crippen LogP contribution in [0, 0.1) is 6.92 Å². The fourth-order valence-electron chi connectivity index (χ4n) is 3.13. The van der Waals surface area contributed by atoms with Crippen LogP contribution in [0.15, 0.2) is 30.3 Å². The van der Waals surface area contributed by atoms with Crippen LogP contribution in [0.3, 0.4) is 0 Å². The van der Waals surface area contributed by atoms with Crippen molar-refractivity contribution in [3.63, 3.8) is 0 Å². The molecule has 3 rings (SSSR count). The van der Waals surface area contributed by atoms with E-state index in [4.69, 9.17) is 0 Å². The van der Waals surface area contributed by atoms with Gasteiger partial charge < -0.3 is 10.2 Å². The lowest BCUT2D eigenvalue weighted by atomic mass is 10.0. The molecule has 2 heterocycles. The van der Waals surface area contributed by atoms with Gasteiger partial charge in [-0.1, -0.05) is 18.2 Å². The van der Waals surface area contributed by atoms with Gasteiger partial charge in [-0.15, -0.1) is 0 Å². The van der Waals surface area contributed by atoms with Gasteiger partial charge in [0.1, 0.15) is 0 Å². The lowest BCUT2D eigenvalue weighted by Gasteiger charge is -2.30. The molecular formula is C17H23N3. The molecular weight excluding hydrogens is 246 g/mol. The summed E-state index contributed by atoms with van der Waals surface area (Å²) in [6.07, 6.45) is 2.58. The van der Waals surface area contributed by atoms with E-state index in [9.17, 15) is 0 Å². The van der Waals surface area contributed by atoms with Gasteiger partial charge in [0, 0.05) is 30.2 Å². The van der Waals surface area contributed by atoms with Gasteiger partial charge in [-0.25, -0.2) is 0 Å². The first-order chi connectivity index (χ1) is 9.72. The third kappa shape index (κ3) is 3.00. The Labute approximate surface area is 121 Å². The molecule has 1 aromatic heterocycles. The number of likely N-dealkylation sites (tertiary alicyclic amines) is 1. The number of para-hydroxylation sites is 1. The number of hydrogen-bond donors (Lipinski definition) is 1. The smallest absolute Gasteiger partial charge is 0.0708 e. The molecule has 1 atom stereocenters. The number of likely N-dealkylation sites (N-methyl/N-ethyl adjacent to an activating group) is 1. The fraction of sp³-hybridized carbons (Fsp3) is 0.471. The monoisotopic (exact) mass is 269 g/mol. The highest BCUT2D eigenvalue weighted by Crippen LogP contribution is 2.18. The van der Waals surface area contributed by atoms with Crippen LogP contribution < -0.4 is 5.32 Å². The van der Waals surface area contributed by atoms with Gasteiger partial charge >= 0.3 is 0 Å². The number of fused-ring (bicyclic) bond motifs is 1. The highest BCUT2D eigenvalue weighted by Gasteiger charge is 2.16. The first kappa shape index (κ1) is 13.5. The van der Waals surface area contributed by atoms with Crippen LogP contribution in [0.5, 0.6) is 0 Å². The maximum Gasteiger partial charge on any atom is 0.0708 e. The van der Waals surface area contributed by atoms with Gasteiger partial charge in [-0.3, -0.25) is 4.98 Å². The van der Waals surface area contributed by atoms with E-state index < -0.39 is 0 Å². The topological polar surface area (TPSA) is 28.2 Å². The van der Waals surface area contributed by atoms with Gasteiger partial charge in [0.15, 0.2) is 0 Å². The van der Waals surface area contributed by atoms with Gasteiger partial charge in [0.05, 0.1) is 5.52 Å². The summed E-state index contributed by atoms with van der Waals surface area (Å²) in [4.78, 5) is 7.02. The number of hydrogen-bond acceptors (Lipinski definition) is 3. The SMILES string of the molecule is Cc1cc(CNC2CCCN(C)C2)c2ccccc2n1. The van der Waals surface area contributed by atoms with E-state index >= 15 is 0 Å². The molecule has 1 aliphatic rings. The van der Waals surface area contributed by atoms with Crippen molar-refractivity contribution in [2.75, 3.05) is 20.1 Å². The Morgan fingerprint density at radius 3 is 3.05 bits per heavy atom. The molecule has 0 saturated carbocycles. The van der Waals surface area contributed by atoms with E-state index in [0.717, 1.165) is 24.3 Å². The Hall–Kier alpha value is -1.45. The van der Waals surface area contributed by atoms with Gasteiger partial charge in [0.2, 0.25) is 0 Å². The summed E-state index contributed by atoms with van der Waals surface area (Å²) >= 11 is 0. The van der Waals surface area contributed by atoms with Crippen molar-refractivity contribution in [1.82, 2.24) is 15.2 Å². The molecule has 1 fully saturated rings. The zero-order valence-corrected chi connectivity index (χ0v) is 12.4. The number of nitrogens with zero attached hydrogens (tertiary/aromatic N) is 2. The van der Waals surface area contributed by atoms with E-state index in [0.29, 0.717) is 6.04 Å². The number of benzene rings is 1. The predicted molar refractivity (Wildman–Crippen MR) is 83.8 cm³/mol. The number of piperidine rings is 1. The molecule has 3 nitrogen and oxygen atoms in total. The minimum atomic E-state index is 0.612. The first-order valence-corrected chi connectivity index (χ1v) is 7.49. The molecule has 0 spiro atoms. The van der Waals surface area contributed by atoms with Crippen molar-refractivity contribution in [1.29, 1.82) is 0 Å². The van der Waals surface area contributed by atoms with Crippen LogP contribution >= 0.6 is 0 Å². The predicted octanol–water partition coefficient (Wildman–Crippen LogP) is 2.73. The Morgan fingerprint density at radius 2 is 2.20 bits per heavy atom. The molecule has 0 aliphatic carbocycles. The highest BCUT2D eigenvalue weighted by molar-refractivity contribution is 5.82. The van der Waals surface area contributed by atoms with Crippen LogP contribution in [-0.2, 0) is 6.54 Å². The van der Waals surface area contributed by atoms with Crippen molar-refractivity contribution in [2.24, 2.45) is 0 Å². The zero-order valence-electron chi connectivity index (χ0n) is 12.4. The van der Waals surface area contributed by atoms with Crippen molar-refractivity contribution < 1.29 is 0 Å². The van der Waals surface area contributed by atoms with Crippen LogP contribution in [0.1, 0.15) is 24.1 Å². The lowest BCUT2D eigenvalue weighted by molar-refractivity contribution is 0.226. The van der Waals surface area contributed by atoms with E-state index in [1.54, 1.807) is 0 Å². The summed E-state index contributed by atoms with van der Waals surface area (Å²) in [5.74, 6) is 0. The summed E-state index contributed by atoms with van der Waals surface area (Å²) in [7, 11) is 2.21. The van der Waals surface area contributed by atoms with E-state index in [-0.39, 0.29) is 0 Å². The van der Waals surface area contributed by atoms with E-state index in [2.05, 4.69) is 59.5 Å². The van der Waals surface area contributed by atoms with Crippen molar-refractivity contribution in [3.05, 3.63) is 41.6 Å². The molecule has 0 radical (unpaired) electrons. The largest absolute Gasteiger partial charge is 0.309 e. The molecule has 1 aliphatic heterocycles. The average molecular weight is 269 g/mol. The van der Waals surface area contributed by atoms with Crippen LogP contribution in [-0.4, -0.2) is 36.1 Å². The summed E-state index contributed by atoms with van der Waals surface area (Å²) in [6.45, 7) is 5.39. The normalized spacial score (nSPS) is 20.4. The number of pyridine rings is 1. The third-order valence-electron chi connectivity index (χ3n) is 4.14. The van der Waals surface area contributed by atoms with Crippen molar-refractivity contribution in [2.45, 2.75) is 32.4 Å². The molecule has 1 saturated heterocycles. The van der Waals surface area contributed by atoms with Gasteiger partial charge in [-0.05, 0) is 51.1 Å². The molecule has 2 aromatic rings. The number of aryl methyl sites for hydroxylation is 1. The summed E-state index contributed by atoms with van der Waals surface area (Å²) in [6, 6.07) is 11.2. The molecule has 0 amide bonds. The maximum atomic E-state index is 4.61. The second-order valence-corrected chi connectivity index (χ2v) is 5.92. The molecule has 20 heavy (non-hydrogen) atoms. The maximum absolute atomic E-state index is 4.61. The molecule has 1 N–H and O–H groups in total. The Morgan fingerprint density at radius 1 is 1.35 bits per heavy atom. The second-order valence-electron chi connectivity index (χ2n) is 5.92. The number of aromatic nitrogens is 1. The highest BCUT2D eigenvalue weighted by atomic mass is 15.1. The van der Waals surface area contributed by atoms with Gasteiger partial charge in [0.25, 0.3) is 0 Å². The molecule has 1 aromatic carbocycles. The minimum absolute atomic E-state index is 0.612. The fourth-order valence-corrected chi connectivity index (χ4v) is 3.13. The Kier molecular flexibility index (Phi) is 3.99. The van der Waals surface area contributed by atoms with Crippen LogP contribution in [0.2, 0.25) is 0 Å². The Bertz CT molecular complexity index is 594. The lowest BCUT2D eigenvalue weighted by Crippen LogP contribution is -2.43.